The summed E-state index contributed by atoms with van der Waals surface area (Å²) >= 11 is 0. The number of carboxylic acids is 1. The molecule has 0 bridgehead atoms. The van der Waals surface area contributed by atoms with Crippen LogP contribution in [-0.4, -0.2) is 43.4 Å². The van der Waals surface area contributed by atoms with Crippen LogP contribution < -0.4 is 34.7 Å². The number of nitrogens with one attached hydrogen (secondary N) is 1. The molecule has 0 unspecified atom stereocenters. The zero-order valence-corrected chi connectivity index (χ0v) is 14.9. The van der Waals surface area contributed by atoms with Crippen LogP contribution in [0.15, 0.2) is 23.7 Å². The average Bonchev–Trinajstić information content (AvgIpc) is 3.00. The van der Waals surface area contributed by atoms with E-state index in [1.54, 1.807) is 13.1 Å². The van der Waals surface area contributed by atoms with Crippen molar-refractivity contribution in [2.24, 2.45) is 4.99 Å². The van der Waals surface area contributed by atoms with E-state index in [-0.39, 0.29) is 53.9 Å². The molecule has 0 saturated carbocycles. The number of aliphatic hydroxyl groups excluding tert-OH is 1. The summed E-state index contributed by atoms with van der Waals surface area (Å²) in [5.74, 6) is -1.50. The number of imidazole rings is 1. The first-order chi connectivity index (χ1) is 10.5. The number of aliphatic carboxylic acids is 1. The van der Waals surface area contributed by atoms with E-state index in [1.807, 2.05) is 0 Å². The first-order valence-corrected chi connectivity index (χ1v) is 6.53. The molecule has 23 heavy (non-hydrogen) atoms. The third-order valence-electron chi connectivity index (χ3n) is 3.14. The summed E-state index contributed by atoms with van der Waals surface area (Å²) in [6, 6.07) is -1.15. The normalized spacial score (nSPS) is 12.1. The molecule has 116 valence electrons. The molecule has 0 aromatic carbocycles. The fourth-order valence-electron chi connectivity index (χ4n) is 1.88. The second kappa shape index (κ2) is 8.78. The summed E-state index contributed by atoms with van der Waals surface area (Å²) in [6.45, 7) is 1.24. The van der Waals surface area contributed by atoms with Gasteiger partial charge in [-0.1, -0.05) is 0 Å². The number of pyridine rings is 1. The molecule has 0 spiro atoms. The van der Waals surface area contributed by atoms with Crippen molar-refractivity contribution in [1.82, 2.24) is 15.0 Å². The number of hydrogen-bond acceptors (Lipinski definition) is 7. The second-order valence-electron chi connectivity index (χ2n) is 4.67. The number of carbonyl (C=O) groups is 1. The molecule has 1 atom stereocenters. The summed E-state index contributed by atoms with van der Waals surface area (Å²) in [5.41, 5.74) is 1.48. The van der Waals surface area contributed by atoms with Crippen molar-refractivity contribution < 1.29 is 49.7 Å². The van der Waals surface area contributed by atoms with E-state index >= 15 is 0 Å². The predicted molar refractivity (Wildman–Crippen MR) is 75.2 cm³/mol. The Labute approximate surface area is 154 Å². The first kappa shape index (κ1) is 19.3. The quantitative estimate of drug-likeness (QED) is 0.367. The average molecular weight is 326 g/mol. The van der Waals surface area contributed by atoms with Gasteiger partial charge in [-0.15, -0.1) is 0 Å². The van der Waals surface area contributed by atoms with Crippen LogP contribution in [0.3, 0.4) is 0 Å². The number of nitrogens with zero attached hydrogens (tertiary/aromatic N) is 3. The van der Waals surface area contributed by atoms with Gasteiger partial charge in [0.15, 0.2) is 0 Å². The summed E-state index contributed by atoms with van der Waals surface area (Å²) < 4.78 is 0. The van der Waals surface area contributed by atoms with Gasteiger partial charge in [0, 0.05) is 36.2 Å². The van der Waals surface area contributed by atoms with Crippen molar-refractivity contribution >= 4 is 12.2 Å². The van der Waals surface area contributed by atoms with Crippen LogP contribution in [-0.2, 0) is 17.8 Å². The number of rotatable bonds is 6. The fraction of sp³-hybridized carbons (Fsp3) is 0.286. The maximum absolute atomic E-state index is 11.2. The molecular weight excluding hydrogens is 311 g/mol. The van der Waals surface area contributed by atoms with Gasteiger partial charge in [-0.2, -0.15) is 0 Å². The van der Waals surface area contributed by atoms with Crippen LogP contribution in [0, 0.1) is 6.92 Å². The van der Waals surface area contributed by atoms with E-state index in [4.69, 9.17) is 0 Å². The van der Waals surface area contributed by atoms with Gasteiger partial charge in [-0.25, -0.2) is 4.98 Å². The molecule has 9 heteroatoms. The molecule has 3 N–H and O–H groups in total. The largest absolute Gasteiger partial charge is 1.00 e. The Morgan fingerprint density at radius 1 is 1.52 bits per heavy atom. The van der Waals surface area contributed by atoms with Crippen LogP contribution in [0.1, 0.15) is 22.5 Å². The van der Waals surface area contributed by atoms with Crippen LogP contribution in [0.5, 0.6) is 5.75 Å². The minimum atomic E-state index is -1.35. The Balaban J connectivity index is 0.00000264. The molecule has 0 aliphatic heterocycles. The molecule has 0 aliphatic carbocycles. The predicted octanol–water partition coefficient (Wildman–Crippen LogP) is -3.90. The monoisotopic (exact) mass is 326 g/mol. The second-order valence-corrected chi connectivity index (χ2v) is 4.67. The summed E-state index contributed by atoms with van der Waals surface area (Å²) in [7, 11) is 0. The summed E-state index contributed by atoms with van der Waals surface area (Å²) in [5, 5.41) is 30.4. The van der Waals surface area contributed by atoms with Gasteiger partial charge in [0.05, 0.1) is 36.3 Å². The number of aliphatic imine (C=N–C) groups is 1. The molecule has 0 fully saturated rings. The van der Waals surface area contributed by atoms with Gasteiger partial charge in [0.1, 0.15) is 5.75 Å². The van der Waals surface area contributed by atoms with Gasteiger partial charge in [-0.05, 0) is 6.92 Å². The topological polar surface area (TPSA) is 135 Å². The van der Waals surface area contributed by atoms with E-state index in [0.717, 1.165) is 0 Å². The van der Waals surface area contributed by atoms with E-state index < -0.39 is 12.0 Å². The molecular formula is C14H15N4NaO4. The van der Waals surface area contributed by atoms with Crippen molar-refractivity contribution in [2.75, 3.05) is 0 Å². The Morgan fingerprint density at radius 2 is 2.26 bits per heavy atom. The molecule has 0 amide bonds. The Bertz CT molecular complexity index is 688. The van der Waals surface area contributed by atoms with Crippen LogP contribution in [0.2, 0.25) is 0 Å². The van der Waals surface area contributed by atoms with Gasteiger partial charge in [-0.3, -0.25) is 9.98 Å². The van der Waals surface area contributed by atoms with E-state index in [9.17, 15) is 20.1 Å². The van der Waals surface area contributed by atoms with Crippen molar-refractivity contribution in [3.63, 3.8) is 0 Å². The number of aromatic amines is 1. The molecule has 2 heterocycles. The molecule has 0 saturated heterocycles. The number of H-pyrrole nitrogens is 1. The number of aryl methyl sites for hydroxylation is 1. The van der Waals surface area contributed by atoms with Gasteiger partial charge < -0.3 is 25.1 Å². The molecule has 2 aromatic heterocycles. The molecule has 0 aliphatic rings. The van der Waals surface area contributed by atoms with E-state index in [0.29, 0.717) is 17.0 Å². The SMILES string of the molecule is Cc1ncc(CO)c(C=N[C@@H](Cc2c[nH]cn2)C(=O)[O-])c1O.[Na+]. The smallest absolute Gasteiger partial charge is 0.548 e. The van der Waals surface area contributed by atoms with Crippen molar-refractivity contribution in [2.45, 2.75) is 26.0 Å². The summed E-state index contributed by atoms with van der Waals surface area (Å²) in [4.78, 5) is 25.7. The fourth-order valence-corrected chi connectivity index (χ4v) is 1.88. The molecule has 2 rings (SSSR count). The molecule has 8 nitrogen and oxygen atoms in total. The summed E-state index contributed by atoms with van der Waals surface area (Å²) in [6.07, 6.45) is 5.68. The number of aliphatic hydroxyl groups is 1. The van der Waals surface area contributed by atoms with Gasteiger partial charge in [0.2, 0.25) is 0 Å². The Hall–Kier alpha value is -1.74. The third kappa shape index (κ3) is 4.87. The number of carboxylic acid groups (broad SMARTS) is 1. The maximum Gasteiger partial charge on any atom is 1.00 e. The minimum absolute atomic E-state index is 0. The first-order valence-electron chi connectivity index (χ1n) is 6.53. The van der Waals surface area contributed by atoms with Crippen molar-refractivity contribution in [1.29, 1.82) is 0 Å². The zero-order chi connectivity index (χ0) is 16.1. The molecule has 0 radical (unpaired) electrons. The minimum Gasteiger partial charge on any atom is -0.548 e. The van der Waals surface area contributed by atoms with Gasteiger partial charge in [0.25, 0.3) is 0 Å². The zero-order valence-electron chi connectivity index (χ0n) is 12.9. The van der Waals surface area contributed by atoms with Crippen molar-refractivity contribution in [3.8, 4) is 5.75 Å². The van der Waals surface area contributed by atoms with Crippen LogP contribution >= 0.6 is 0 Å². The van der Waals surface area contributed by atoms with E-state index in [2.05, 4.69) is 19.9 Å². The van der Waals surface area contributed by atoms with Crippen LogP contribution in [0.4, 0.5) is 0 Å². The number of carbonyl (C=O) groups excluding carboxylic acids is 1. The number of aromatic hydroxyl groups is 1. The Kier molecular flexibility index (Phi) is 7.37. The maximum atomic E-state index is 11.2. The molecule has 2 aromatic rings. The van der Waals surface area contributed by atoms with Crippen molar-refractivity contribution in [3.05, 3.63) is 41.2 Å². The van der Waals surface area contributed by atoms with Gasteiger partial charge >= 0.3 is 29.6 Å². The standard InChI is InChI=1S/C14H16N4O4.Na/c1-8-13(20)11(9(6-19)3-16-8)5-17-12(14(21)22)2-10-4-15-7-18-10;/h3-5,7,12,19-20H,2,6H2,1H3,(H,15,18)(H,21,22);/q;+1/p-1/t12-;/m0./s1. The number of aromatic nitrogens is 3. The Morgan fingerprint density at radius 3 is 2.83 bits per heavy atom. The van der Waals surface area contributed by atoms with E-state index in [1.165, 1.54) is 18.7 Å². The number of hydrogen-bond donors (Lipinski definition) is 3. The third-order valence-corrected chi connectivity index (χ3v) is 3.14. The van der Waals surface area contributed by atoms with Crippen LogP contribution in [0.25, 0.3) is 0 Å².